The lowest BCUT2D eigenvalue weighted by Gasteiger charge is -2.35. The van der Waals surface area contributed by atoms with Crippen molar-refractivity contribution < 1.29 is 9.69 Å². The first kappa shape index (κ1) is 14.3. The number of Topliss-reactive ketones (excluding diaryl/α,β-unsaturated/α-hetero) is 1. The fraction of sp³-hybridized carbons (Fsp3) is 0.500. The van der Waals surface area contributed by atoms with E-state index in [-0.39, 0.29) is 11.8 Å². The Balaban J connectivity index is 1.84. The molecule has 1 fully saturated rings. The van der Waals surface area contributed by atoms with Crippen LogP contribution in [0.2, 0.25) is 0 Å². The van der Waals surface area contributed by atoms with Gasteiger partial charge >= 0.3 is 0 Å². The summed E-state index contributed by atoms with van der Waals surface area (Å²) in [5.74, 6) is 1.69. The third kappa shape index (κ3) is 2.75. The number of carbonyl (C=O) groups is 1. The topological polar surface area (TPSA) is 37.3 Å². The summed E-state index contributed by atoms with van der Waals surface area (Å²) in [7, 11) is 0. The molecule has 1 aromatic heterocycles. The van der Waals surface area contributed by atoms with Crippen molar-refractivity contribution >= 4 is 16.7 Å². The van der Waals surface area contributed by atoms with Gasteiger partial charge in [-0.05, 0) is 19.4 Å². The minimum Gasteiger partial charge on any atom is -0.360 e. The van der Waals surface area contributed by atoms with E-state index in [0.29, 0.717) is 11.8 Å². The summed E-state index contributed by atoms with van der Waals surface area (Å²) in [5, 5.41) is 1.05. The molecule has 1 aliphatic rings. The average Bonchev–Trinajstić information content (AvgIpc) is 2.88. The minimum atomic E-state index is 0.0365. The second-order valence-corrected chi connectivity index (χ2v) is 6.85. The van der Waals surface area contributed by atoms with Crippen LogP contribution >= 0.6 is 0 Å². The van der Waals surface area contributed by atoms with Crippen molar-refractivity contribution in [2.24, 2.45) is 11.8 Å². The van der Waals surface area contributed by atoms with Gasteiger partial charge < -0.3 is 9.88 Å². The number of hydrogen-bond acceptors (Lipinski definition) is 1. The highest BCUT2D eigenvalue weighted by Crippen LogP contribution is 2.19. The van der Waals surface area contributed by atoms with Crippen molar-refractivity contribution in [2.75, 3.05) is 13.1 Å². The zero-order valence-electron chi connectivity index (χ0n) is 13.1. The highest BCUT2D eigenvalue weighted by Gasteiger charge is 2.33. The third-order valence-electron chi connectivity index (χ3n) is 4.89. The van der Waals surface area contributed by atoms with Crippen molar-refractivity contribution in [3.63, 3.8) is 0 Å². The molecule has 2 aromatic rings. The molecule has 3 rings (SSSR count). The summed E-state index contributed by atoms with van der Waals surface area (Å²) in [6.07, 6.45) is 3.16. The first-order valence-corrected chi connectivity index (χ1v) is 8.01. The van der Waals surface area contributed by atoms with Crippen molar-refractivity contribution in [3.05, 3.63) is 36.0 Å². The Hall–Kier alpha value is -1.61. The highest BCUT2D eigenvalue weighted by atomic mass is 16.1. The van der Waals surface area contributed by atoms with Crippen LogP contribution in [0.3, 0.4) is 0 Å². The summed E-state index contributed by atoms with van der Waals surface area (Å²) < 4.78 is 0. The fourth-order valence-electron chi connectivity index (χ4n) is 3.88. The molecule has 112 valence electrons. The molecule has 3 nitrogen and oxygen atoms in total. The Labute approximate surface area is 126 Å². The summed E-state index contributed by atoms with van der Waals surface area (Å²) in [6, 6.07) is 8.08. The summed E-state index contributed by atoms with van der Waals surface area (Å²) in [6.45, 7) is 8.92. The van der Waals surface area contributed by atoms with Crippen LogP contribution in [-0.4, -0.2) is 29.9 Å². The number of nitrogens with one attached hydrogen (secondary N) is 2. The van der Waals surface area contributed by atoms with Crippen LogP contribution in [0.15, 0.2) is 30.5 Å². The Bertz CT molecular complexity index is 635. The molecule has 2 heterocycles. The number of para-hydroxylation sites is 1. The van der Waals surface area contributed by atoms with Gasteiger partial charge in [0.1, 0.15) is 6.04 Å². The number of likely N-dealkylation sites (tertiary alicyclic amines) is 1. The van der Waals surface area contributed by atoms with E-state index in [1.165, 1.54) is 11.3 Å². The zero-order valence-corrected chi connectivity index (χ0v) is 13.1. The first-order valence-electron chi connectivity index (χ1n) is 8.01. The molecular formula is C18H25N2O+. The smallest absolute Gasteiger partial charge is 0.221 e. The van der Waals surface area contributed by atoms with Crippen LogP contribution in [0.4, 0.5) is 0 Å². The second-order valence-electron chi connectivity index (χ2n) is 6.85. The Morgan fingerprint density at radius 2 is 1.90 bits per heavy atom. The molecular weight excluding hydrogens is 260 g/mol. The molecule has 21 heavy (non-hydrogen) atoms. The molecule has 3 heteroatoms. The SMILES string of the molecule is C[C@@H]1C[C@@H](C)C[NH+]([C@@H](C)C(=O)c2c[nH]c3ccccc23)C1. The number of hydrogen-bond donors (Lipinski definition) is 2. The van der Waals surface area contributed by atoms with Gasteiger partial charge in [-0.1, -0.05) is 32.0 Å². The highest BCUT2D eigenvalue weighted by molar-refractivity contribution is 6.09. The minimum absolute atomic E-state index is 0.0365. The summed E-state index contributed by atoms with van der Waals surface area (Å²) in [4.78, 5) is 17.5. The Morgan fingerprint density at radius 1 is 1.24 bits per heavy atom. The van der Waals surface area contributed by atoms with E-state index in [0.717, 1.165) is 29.6 Å². The number of rotatable bonds is 3. The van der Waals surface area contributed by atoms with Gasteiger partial charge in [0, 0.05) is 34.5 Å². The Kier molecular flexibility index (Phi) is 3.85. The van der Waals surface area contributed by atoms with Gasteiger partial charge in [-0.2, -0.15) is 0 Å². The molecule has 0 aliphatic carbocycles. The fourth-order valence-corrected chi connectivity index (χ4v) is 3.88. The summed E-state index contributed by atoms with van der Waals surface area (Å²) in [5.41, 5.74) is 1.89. The molecule has 0 saturated carbocycles. The van der Waals surface area contributed by atoms with Crippen LogP contribution < -0.4 is 4.90 Å². The number of benzene rings is 1. The average molecular weight is 285 g/mol. The molecule has 1 aromatic carbocycles. The lowest BCUT2D eigenvalue weighted by Crippen LogP contribution is -3.18. The normalized spacial score (nSPS) is 27.7. The molecule has 1 saturated heterocycles. The number of aromatic amines is 1. The van der Waals surface area contributed by atoms with Gasteiger partial charge in [0.2, 0.25) is 5.78 Å². The molecule has 1 aliphatic heterocycles. The molecule has 0 bridgehead atoms. The maximum atomic E-state index is 12.9. The number of aromatic nitrogens is 1. The second kappa shape index (κ2) is 5.64. The van der Waals surface area contributed by atoms with Gasteiger partial charge in [-0.15, -0.1) is 0 Å². The number of ketones is 1. The number of carbonyl (C=O) groups excluding carboxylic acids is 1. The monoisotopic (exact) mass is 285 g/mol. The number of piperidine rings is 1. The van der Waals surface area contributed by atoms with E-state index in [1.807, 2.05) is 30.5 Å². The molecule has 2 N–H and O–H groups in total. The van der Waals surface area contributed by atoms with Crippen molar-refractivity contribution in [1.82, 2.24) is 4.98 Å². The van der Waals surface area contributed by atoms with E-state index in [2.05, 4.69) is 25.8 Å². The van der Waals surface area contributed by atoms with E-state index >= 15 is 0 Å². The predicted molar refractivity (Wildman–Crippen MR) is 85.7 cm³/mol. The number of fused-ring (bicyclic) bond motifs is 1. The largest absolute Gasteiger partial charge is 0.360 e. The van der Waals surface area contributed by atoms with Gasteiger partial charge in [-0.3, -0.25) is 4.79 Å². The predicted octanol–water partition coefficient (Wildman–Crippen LogP) is 2.30. The maximum absolute atomic E-state index is 12.9. The van der Waals surface area contributed by atoms with Gasteiger partial charge in [0.25, 0.3) is 0 Å². The molecule has 0 radical (unpaired) electrons. The lowest BCUT2D eigenvalue weighted by atomic mass is 9.90. The van der Waals surface area contributed by atoms with Crippen LogP contribution in [0, 0.1) is 11.8 Å². The van der Waals surface area contributed by atoms with E-state index in [9.17, 15) is 4.79 Å². The Morgan fingerprint density at radius 3 is 2.62 bits per heavy atom. The van der Waals surface area contributed by atoms with E-state index < -0.39 is 0 Å². The maximum Gasteiger partial charge on any atom is 0.221 e. The lowest BCUT2D eigenvalue weighted by molar-refractivity contribution is -0.925. The van der Waals surface area contributed by atoms with Gasteiger partial charge in [0.05, 0.1) is 13.1 Å². The van der Waals surface area contributed by atoms with Gasteiger partial charge in [-0.25, -0.2) is 0 Å². The van der Waals surface area contributed by atoms with E-state index in [4.69, 9.17) is 0 Å². The molecule has 0 amide bonds. The van der Waals surface area contributed by atoms with Crippen molar-refractivity contribution in [3.8, 4) is 0 Å². The van der Waals surface area contributed by atoms with Crippen molar-refractivity contribution in [1.29, 1.82) is 0 Å². The quantitative estimate of drug-likeness (QED) is 0.834. The zero-order chi connectivity index (χ0) is 15.0. The molecule has 0 spiro atoms. The molecule has 0 unspecified atom stereocenters. The van der Waals surface area contributed by atoms with Crippen LogP contribution in [-0.2, 0) is 0 Å². The summed E-state index contributed by atoms with van der Waals surface area (Å²) >= 11 is 0. The van der Waals surface area contributed by atoms with Gasteiger partial charge in [0.15, 0.2) is 0 Å². The van der Waals surface area contributed by atoms with E-state index in [1.54, 1.807) is 0 Å². The number of H-pyrrole nitrogens is 1. The first-order chi connectivity index (χ1) is 10.1. The molecule has 3 atom stereocenters. The standard InChI is InChI=1S/C18H24N2O/c1-12-8-13(2)11-20(10-12)14(3)18(21)16-9-19-17-7-5-4-6-15(16)17/h4-7,9,12-14,19H,8,10-11H2,1-3H3/p+1/t12-,13-,14+/m1/s1. The van der Waals surface area contributed by atoms with Crippen molar-refractivity contribution in [2.45, 2.75) is 33.2 Å². The van der Waals surface area contributed by atoms with Crippen LogP contribution in [0.25, 0.3) is 10.9 Å². The number of quaternary nitrogens is 1. The van der Waals surface area contributed by atoms with Crippen LogP contribution in [0.5, 0.6) is 0 Å². The third-order valence-corrected chi connectivity index (χ3v) is 4.89. The van der Waals surface area contributed by atoms with Crippen LogP contribution in [0.1, 0.15) is 37.6 Å².